The maximum Gasteiger partial charge on any atom is 0.252 e. The van der Waals surface area contributed by atoms with Gasteiger partial charge in [-0.05, 0) is 188 Å². The Morgan fingerprint density at radius 1 is 0.500 bits per heavy atom. The smallest absolute Gasteiger partial charge is 0.252 e. The molecule has 2 aliphatic carbocycles. The van der Waals surface area contributed by atoms with E-state index in [1.807, 2.05) is 23.5 Å². The van der Waals surface area contributed by atoms with Gasteiger partial charge in [0, 0.05) is 65.1 Å². The second kappa shape index (κ2) is 16.2. The fourth-order valence-corrected chi connectivity index (χ4v) is 14.9. The second-order valence-electron chi connectivity index (χ2n) is 25.7. The lowest BCUT2D eigenvalue weighted by atomic mass is 9.33. The van der Waals surface area contributed by atoms with Crippen LogP contribution in [-0.2, 0) is 27.1 Å². The third-order valence-electron chi connectivity index (χ3n) is 18.0. The molecule has 0 saturated carbocycles. The van der Waals surface area contributed by atoms with E-state index in [2.05, 4.69) is 236 Å². The lowest BCUT2D eigenvalue weighted by molar-refractivity contribution is 0.332. The molecule has 3 heterocycles. The van der Waals surface area contributed by atoms with Crippen LogP contribution in [0.4, 0.5) is 51.2 Å². The van der Waals surface area contributed by atoms with Crippen molar-refractivity contribution in [1.82, 2.24) is 0 Å². The van der Waals surface area contributed by atoms with Gasteiger partial charge in [0.25, 0.3) is 6.71 Å². The summed E-state index contributed by atoms with van der Waals surface area (Å²) < 4.78 is 30.5. The standard InChI is InChI=1S/C69H70BN3S/c1-43-37-59-63-60(38-43)73(56-32-30-50(65(2,3)4)62-48-25-19-20-26-61(48)74-64(56)62)57-40-47(71(44-21-15-13-16-22-44)45-23-17-14-18-24-45)28-31-54(57)70(63)55-41-52-53(69(11,12)36-35-68(52,9)10)42-58(55)72(59)46-27-29-49-51(39-46)67(7,8)34-33-66(49,5)6/h13-32,37-42H,33-36H2,1-12H3/i1D3. The van der Waals surface area contributed by atoms with Gasteiger partial charge in [0.1, 0.15) is 0 Å². The average molecular weight is 987 g/mol. The first-order valence-corrected chi connectivity index (χ1v) is 27.9. The van der Waals surface area contributed by atoms with Crippen molar-refractivity contribution in [2.75, 3.05) is 14.7 Å². The summed E-state index contributed by atoms with van der Waals surface area (Å²) in [6.45, 7) is 23.6. The maximum atomic E-state index is 9.38. The van der Waals surface area contributed by atoms with Crippen LogP contribution in [0, 0.1) is 6.85 Å². The quantitative estimate of drug-likeness (QED) is 0.159. The van der Waals surface area contributed by atoms with Crippen LogP contribution in [0.1, 0.15) is 139 Å². The molecule has 0 radical (unpaired) electrons. The molecule has 3 nitrogen and oxygen atoms in total. The highest BCUT2D eigenvalue weighted by molar-refractivity contribution is 7.26. The Hall–Kier alpha value is -6.56. The van der Waals surface area contributed by atoms with Crippen LogP contribution >= 0.6 is 11.3 Å². The van der Waals surface area contributed by atoms with E-state index in [0.717, 1.165) is 82.3 Å². The Morgan fingerprint density at radius 2 is 1.07 bits per heavy atom. The Labute approximate surface area is 449 Å². The molecule has 370 valence electrons. The molecular formula is C69H70BN3S. The summed E-state index contributed by atoms with van der Waals surface area (Å²) in [6, 6.07) is 58.3. The lowest BCUT2D eigenvalue weighted by Gasteiger charge is -2.48. The molecule has 5 heteroatoms. The summed E-state index contributed by atoms with van der Waals surface area (Å²) in [6.07, 6.45) is 4.40. The van der Waals surface area contributed by atoms with Crippen LogP contribution < -0.4 is 31.1 Å². The van der Waals surface area contributed by atoms with E-state index in [9.17, 15) is 4.11 Å². The van der Waals surface area contributed by atoms with E-state index in [-0.39, 0.29) is 33.8 Å². The first-order valence-electron chi connectivity index (χ1n) is 28.5. The second-order valence-corrected chi connectivity index (χ2v) is 26.7. The number of rotatable bonds is 5. The Kier molecular flexibility index (Phi) is 9.60. The molecule has 0 N–H and O–H groups in total. The van der Waals surface area contributed by atoms with Crippen molar-refractivity contribution in [3.8, 4) is 0 Å². The van der Waals surface area contributed by atoms with Crippen LogP contribution in [0.2, 0.25) is 0 Å². The summed E-state index contributed by atoms with van der Waals surface area (Å²) >= 11 is 1.84. The number of para-hydroxylation sites is 2. The monoisotopic (exact) mass is 987 g/mol. The molecule has 1 aromatic heterocycles. The van der Waals surface area contributed by atoms with Gasteiger partial charge < -0.3 is 14.7 Å². The minimum atomic E-state index is -2.41. The molecule has 0 spiro atoms. The average Bonchev–Trinajstić information content (AvgIpc) is 3.92. The number of fused-ring (bicyclic) bond motifs is 9. The van der Waals surface area contributed by atoms with Gasteiger partial charge in [0.05, 0.1) is 10.4 Å². The highest BCUT2D eigenvalue weighted by atomic mass is 32.1. The van der Waals surface area contributed by atoms with Gasteiger partial charge in [-0.15, -0.1) is 11.3 Å². The van der Waals surface area contributed by atoms with Crippen molar-refractivity contribution >= 4 is 106 Å². The summed E-state index contributed by atoms with van der Waals surface area (Å²) in [5, 5.41) is 2.50. The van der Waals surface area contributed by atoms with Gasteiger partial charge in [-0.1, -0.05) is 155 Å². The van der Waals surface area contributed by atoms with Crippen LogP contribution in [0.15, 0.2) is 158 Å². The topological polar surface area (TPSA) is 9.72 Å². The van der Waals surface area contributed by atoms with Crippen molar-refractivity contribution in [2.24, 2.45) is 0 Å². The molecular weight excluding hydrogens is 914 g/mol. The number of hydrogen-bond acceptors (Lipinski definition) is 4. The normalized spacial score (nSPS) is 18.4. The van der Waals surface area contributed by atoms with E-state index >= 15 is 0 Å². The summed E-state index contributed by atoms with van der Waals surface area (Å²) in [5.41, 5.74) is 19.8. The summed E-state index contributed by atoms with van der Waals surface area (Å²) in [4.78, 5) is 7.30. The minimum absolute atomic E-state index is 0.0312. The number of anilines is 9. The molecule has 2 aliphatic heterocycles. The van der Waals surface area contributed by atoms with Crippen molar-refractivity contribution in [2.45, 2.75) is 136 Å². The first-order chi connectivity index (χ1) is 36.4. The SMILES string of the molecule is [2H]C([2H])([2H])c1cc2c3c(c1)N(c1ccc(C(C)(C)C)c4c1sc1ccccc14)c1cc(N(c4ccccc4)c4ccccc4)ccc1B3c1cc3c(cc1N2c1ccc2c(c1)C(C)(C)CCC2(C)C)C(C)(C)CCC3(C)C. The van der Waals surface area contributed by atoms with Crippen LogP contribution in [0.25, 0.3) is 20.2 Å². The largest absolute Gasteiger partial charge is 0.311 e. The fraction of sp³-hybridized carbons (Fsp3) is 0.304. The minimum Gasteiger partial charge on any atom is -0.311 e. The third-order valence-corrected chi connectivity index (χ3v) is 19.2. The predicted molar refractivity (Wildman–Crippen MR) is 322 cm³/mol. The van der Waals surface area contributed by atoms with E-state index in [4.69, 9.17) is 0 Å². The molecule has 0 saturated heterocycles. The third kappa shape index (κ3) is 7.12. The van der Waals surface area contributed by atoms with Crippen molar-refractivity contribution in [1.29, 1.82) is 0 Å². The van der Waals surface area contributed by atoms with Crippen molar-refractivity contribution < 1.29 is 4.11 Å². The number of nitrogens with zero attached hydrogens (tertiary/aromatic N) is 3. The van der Waals surface area contributed by atoms with Gasteiger partial charge in [0.15, 0.2) is 0 Å². The highest BCUT2D eigenvalue weighted by Crippen LogP contribution is 2.55. The zero-order valence-corrected chi connectivity index (χ0v) is 46.0. The van der Waals surface area contributed by atoms with E-state index in [0.29, 0.717) is 5.56 Å². The van der Waals surface area contributed by atoms with Gasteiger partial charge >= 0.3 is 0 Å². The van der Waals surface area contributed by atoms with Gasteiger partial charge in [-0.3, -0.25) is 0 Å². The van der Waals surface area contributed by atoms with Crippen LogP contribution in [-0.4, -0.2) is 6.71 Å². The Bertz CT molecular complexity index is 3840. The van der Waals surface area contributed by atoms with Crippen LogP contribution in [0.3, 0.4) is 0 Å². The first kappa shape index (κ1) is 43.8. The molecule has 13 rings (SSSR count). The molecule has 0 unspecified atom stereocenters. The van der Waals surface area contributed by atoms with Gasteiger partial charge in [0.2, 0.25) is 0 Å². The zero-order chi connectivity index (χ0) is 53.9. The molecule has 0 amide bonds. The number of benzene rings is 8. The number of hydrogen-bond donors (Lipinski definition) is 0. The molecule has 4 aliphatic rings. The predicted octanol–water partition coefficient (Wildman–Crippen LogP) is 17.9. The molecule has 0 bridgehead atoms. The van der Waals surface area contributed by atoms with Gasteiger partial charge in [-0.2, -0.15) is 0 Å². The van der Waals surface area contributed by atoms with E-state index < -0.39 is 6.85 Å². The molecule has 0 fully saturated rings. The molecule has 0 atom stereocenters. The van der Waals surface area contributed by atoms with Crippen LogP contribution in [0.5, 0.6) is 0 Å². The Balaban J connectivity index is 1.19. The zero-order valence-electron chi connectivity index (χ0n) is 48.2. The number of aryl methyl sites for hydroxylation is 1. The Morgan fingerprint density at radius 3 is 1.70 bits per heavy atom. The maximum absolute atomic E-state index is 9.38. The number of thiophene rings is 1. The van der Waals surface area contributed by atoms with Crippen molar-refractivity contribution in [3.05, 3.63) is 191 Å². The summed E-state index contributed by atoms with van der Waals surface area (Å²) in [5.74, 6) is 0. The van der Waals surface area contributed by atoms with Gasteiger partial charge in [-0.25, -0.2) is 0 Å². The molecule has 8 aromatic carbocycles. The molecule has 74 heavy (non-hydrogen) atoms. The summed E-state index contributed by atoms with van der Waals surface area (Å²) in [7, 11) is 0. The fourth-order valence-electron chi connectivity index (χ4n) is 13.7. The molecule has 9 aromatic rings. The van der Waals surface area contributed by atoms with Crippen molar-refractivity contribution in [3.63, 3.8) is 0 Å². The lowest BCUT2D eigenvalue weighted by Crippen LogP contribution is -2.62. The van der Waals surface area contributed by atoms with E-state index in [1.165, 1.54) is 58.9 Å². The highest BCUT2D eigenvalue weighted by Gasteiger charge is 2.48. The van der Waals surface area contributed by atoms with E-state index in [1.54, 1.807) is 0 Å².